The Morgan fingerprint density at radius 2 is 1.51 bits per heavy atom. The number of aryl methyl sites for hydroxylation is 2. The van der Waals surface area contributed by atoms with Crippen LogP contribution in [0.1, 0.15) is 57.1 Å². The molecule has 5 rings (SSSR count). The molecule has 2 aliphatic rings. The molecular weight excluding hydrogens is 553 g/mol. The molecule has 0 saturated carbocycles. The molecular formula is C34H39F3N4O2. The number of carbonyl (C=O) groups excluding carboxylic acids is 2. The molecule has 0 bridgehead atoms. The van der Waals surface area contributed by atoms with E-state index in [0.717, 1.165) is 55.7 Å². The number of halogens is 3. The molecule has 3 aromatic rings. The van der Waals surface area contributed by atoms with Gasteiger partial charge in [-0.3, -0.25) is 14.5 Å². The Balaban J connectivity index is 1.24. The number of hydrogen-bond donors (Lipinski definition) is 1. The Labute approximate surface area is 251 Å². The molecule has 9 heteroatoms. The first-order chi connectivity index (χ1) is 20.6. The van der Waals surface area contributed by atoms with Crippen molar-refractivity contribution in [3.63, 3.8) is 0 Å². The number of piperidine rings is 1. The highest BCUT2D eigenvalue weighted by Crippen LogP contribution is 2.32. The molecule has 2 saturated heterocycles. The predicted molar refractivity (Wildman–Crippen MR) is 160 cm³/mol. The standard InChI is InChI=1S/C34H39F3N4O2/c1-24-18-25(2)20-28(19-24)33(43)40-16-17-41(31(23-40)27-8-10-29(11-9-27)34(35,36)37)32(42)21-38-30-12-14-39(15-13-30)22-26-6-4-3-5-7-26/h3-11,18-20,30-31,38H,12-17,21-23H2,1-2H3. The van der Waals surface area contributed by atoms with E-state index in [0.29, 0.717) is 24.2 Å². The number of alkyl halides is 3. The highest BCUT2D eigenvalue weighted by atomic mass is 19.4. The van der Waals surface area contributed by atoms with Crippen LogP contribution in [-0.4, -0.2) is 71.8 Å². The van der Waals surface area contributed by atoms with Gasteiger partial charge in [-0.2, -0.15) is 13.2 Å². The van der Waals surface area contributed by atoms with E-state index in [9.17, 15) is 22.8 Å². The molecule has 0 spiro atoms. The number of nitrogens with zero attached hydrogens (tertiary/aromatic N) is 3. The highest BCUT2D eigenvalue weighted by Gasteiger charge is 2.35. The molecule has 2 fully saturated rings. The Hall–Kier alpha value is -3.69. The number of benzene rings is 3. The summed E-state index contributed by atoms with van der Waals surface area (Å²) in [7, 11) is 0. The first kappa shape index (κ1) is 30.8. The third kappa shape index (κ3) is 7.83. The number of likely N-dealkylation sites (tertiary alicyclic amines) is 1. The van der Waals surface area contributed by atoms with Gasteiger partial charge < -0.3 is 15.1 Å². The van der Waals surface area contributed by atoms with Gasteiger partial charge in [0.15, 0.2) is 0 Å². The minimum atomic E-state index is -4.45. The zero-order chi connectivity index (χ0) is 30.6. The molecule has 0 aliphatic carbocycles. The van der Waals surface area contributed by atoms with Gasteiger partial charge in [0.2, 0.25) is 5.91 Å². The van der Waals surface area contributed by atoms with Crippen LogP contribution in [0.25, 0.3) is 0 Å². The normalized spacial score (nSPS) is 18.6. The molecule has 0 radical (unpaired) electrons. The van der Waals surface area contributed by atoms with Crippen molar-refractivity contribution in [2.24, 2.45) is 0 Å². The van der Waals surface area contributed by atoms with E-state index in [4.69, 9.17) is 0 Å². The van der Waals surface area contributed by atoms with Gasteiger partial charge in [-0.25, -0.2) is 0 Å². The summed E-state index contributed by atoms with van der Waals surface area (Å²) < 4.78 is 39.8. The molecule has 43 heavy (non-hydrogen) atoms. The van der Waals surface area contributed by atoms with Gasteiger partial charge in [-0.1, -0.05) is 59.7 Å². The van der Waals surface area contributed by atoms with Gasteiger partial charge in [0.25, 0.3) is 5.91 Å². The topological polar surface area (TPSA) is 55.9 Å². The van der Waals surface area contributed by atoms with Crippen molar-refractivity contribution >= 4 is 11.8 Å². The van der Waals surface area contributed by atoms with Crippen LogP contribution in [0.3, 0.4) is 0 Å². The Kier molecular flexibility index (Phi) is 9.52. The maximum Gasteiger partial charge on any atom is 0.416 e. The number of carbonyl (C=O) groups is 2. The van der Waals surface area contributed by atoms with Crippen LogP contribution in [0, 0.1) is 13.8 Å². The Bertz CT molecular complexity index is 1380. The maximum absolute atomic E-state index is 13.6. The van der Waals surface area contributed by atoms with E-state index in [1.54, 1.807) is 9.80 Å². The minimum absolute atomic E-state index is 0.116. The quantitative estimate of drug-likeness (QED) is 0.388. The smallest absolute Gasteiger partial charge is 0.334 e. The van der Waals surface area contributed by atoms with E-state index in [1.807, 2.05) is 50.2 Å². The average Bonchev–Trinajstić information content (AvgIpc) is 2.99. The molecule has 2 amide bonds. The van der Waals surface area contributed by atoms with Gasteiger partial charge in [-0.15, -0.1) is 0 Å². The summed E-state index contributed by atoms with van der Waals surface area (Å²) in [5, 5.41) is 3.43. The molecule has 1 unspecified atom stereocenters. The summed E-state index contributed by atoms with van der Waals surface area (Å²) in [4.78, 5) is 32.9. The molecule has 3 aromatic carbocycles. The van der Waals surface area contributed by atoms with Crippen molar-refractivity contribution in [2.75, 3.05) is 39.3 Å². The lowest BCUT2D eigenvalue weighted by Crippen LogP contribution is -2.54. The van der Waals surface area contributed by atoms with Gasteiger partial charge in [0, 0.05) is 37.8 Å². The summed E-state index contributed by atoms with van der Waals surface area (Å²) in [6.07, 6.45) is -2.59. The molecule has 0 aromatic heterocycles. The minimum Gasteiger partial charge on any atom is -0.334 e. The summed E-state index contributed by atoms with van der Waals surface area (Å²) in [6, 6.07) is 20.7. The number of amides is 2. The van der Waals surface area contributed by atoms with Crippen molar-refractivity contribution in [1.82, 2.24) is 20.0 Å². The van der Waals surface area contributed by atoms with Crippen molar-refractivity contribution < 1.29 is 22.8 Å². The first-order valence-corrected chi connectivity index (χ1v) is 14.9. The lowest BCUT2D eigenvalue weighted by atomic mass is 9.99. The second-order valence-electron chi connectivity index (χ2n) is 11.8. The van der Waals surface area contributed by atoms with Gasteiger partial charge in [0.1, 0.15) is 0 Å². The average molecular weight is 593 g/mol. The number of nitrogens with one attached hydrogen (secondary N) is 1. The van der Waals surface area contributed by atoms with Crippen molar-refractivity contribution in [2.45, 2.75) is 51.5 Å². The molecule has 1 atom stereocenters. The van der Waals surface area contributed by atoms with Gasteiger partial charge in [-0.05, 0) is 75.2 Å². The third-order valence-corrected chi connectivity index (χ3v) is 8.46. The molecule has 6 nitrogen and oxygen atoms in total. The predicted octanol–water partition coefficient (Wildman–Crippen LogP) is 5.60. The lowest BCUT2D eigenvalue weighted by Gasteiger charge is -2.42. The number of rotatable bonds is 7. The van der Waals surface area contributed by atoms with Gasteiger partial charge in [0.05, 0.1) is 18.2 Å². The molecule has 2 heterocycles. The van der Waals surface area contributed by atoms with Crippen molar-refractivity contribution in [3.8, 4) is 0 Å². The molecule has 228 valence electrons. The van der Waals surface area contributed by atoms with Crippen LogP contribution in [-0.2, 0) is 17.5 Å². The fourth-order valence-electron chi connectivity index (χ4n) is 6.20. The summed E-state index contributed by atoms with van der Waals surface area (Å²) in [6.45, 7) is 7.67. The van der Waals surface area contributed by atoms with E-state index in [-0.39, 0.29) is 30.9 Å². The van der Waals surface area contributed by atoms with Gasteiger partial charge >= 0.3 is 6.18 Å². The van der Waals surface area contributed by atoms with Crippen LogP contribution in [0.15, 0.2) is 72.8 Å². The van der Waals surface area contributed by atoms with Crippen molar-refractivity contribution in [1.29, 1.82) is 0 Å². The fourth-order valence-corrected chi connectivity index (χ4v) is 6.20. The van der Waals surface area contributed by atoms with Crippen LogP contribution in [0.2, 0.25) is 0 Å². The van der Waals surface area contributed by atoms with Crippen LogP contribution in [0.5, 0.6) is 0 Å². The SMILES string of the molecule is Cc1cc(C)cc(C(=O)N2CCN(C(=O)CNC3CCN(Cc4ccccc4)CC3)C(c3ccc(C(F)(F)F)cc3)C2)c1. The summed E-state index contributed by atoms with van der Waals surface area (Å²) in [5.74, 6) is -0.258. The zero-order valence-electron chi connectivity index (χ0n) is 24.7. The van der Waals surface area contributed by atoms with E-state index in [2.05, 4.69) is 22.3 Å². The maximum atomic E-state index is 13.6. The van der Waals surface area contributed by atoms with E-state index in [1.165, 1.54) is 17.7 Å². The van der Waals surface area contributed by atoms with Crippen LogP contribution >= 0.6 is 0 Å². The fraction of sp³-hybridized carbons (Fsp3) is 0.412. The summed E-state index contributed by atoms with van der Waals surface area (Å²) in [5.41, 5.74) is 3.65. The second-order valence-corrected chi connectivity index (χ2v) is 11.8. The van der Waals surface area contributed by atoms with E-state index >= 15 is 0 Å². The van der Waals surface area contributed by atoms with Crippen molar-refractivity contribution in [3.05, 3.63) is 106 Å². The Morgan fingerprint density at radius 1 is 0.860 bits per heavy atom. The molecule has 1 N–H and O–H groups in total. The second kappa shape index (κ2) is 13.3. The number of piperazine rings is 1. The third-order valence-electron chi connectivity index (χ3n) is 8.46. The zero-order valence-corrected chi connectivity index (χ0v) is 24.7. The van der Waals surface area contributed by atoms with E-state index < -0.39 is 17.8 Å². The van der Waals surface area contributed by atoms with Crippen LogP contribution in [0.4, 0.5) is 13.2 Å². The largest absolute Gasteiger partial charge is 0.416 e. The first-order valence-electron chi connectivity index (χ1n) is 14.9. The van der Waals surface area contributed by atoms with Crippen LogP contribution < -0.4 is 5.32 Å². The molecule has 2 aliphatic heterocycles. The summed E-state index contributed by atoms with van der Waals surface area (Å²) >= 11 is 0. The lowest BCUT2D eigenvalue weighted by molar-refractivity contribution is -0.138. The highest BCUT2D eigenvalue weighted by molar-refractivity contribution is 5.95. The number of hydrogen-bond acceptors (Lipinski definition) is 4. The monoisotopic (exact) mass is 592 g/mol. The Morgan fingerprint density at radius 3 is 2.14 bits per heavy atom.